The number of nitrogens with two attached hydrogens (primary N) is 1. The molecular weight excluding hydrogens is 229 g/mol. The van der Waals surface area contributed by atoms with Crippen molar-refractivity contribution in [3.63, 3.8) is 0 Å². The van der Waals surface area contributed by atoms with Gasteiger partial charge in [-0.1, -0.05) is 6.07 Å². The Morgan fingerprint density at radius 1 is 1.47 bits per heavy atom. The van der Waals surface area contributed by atoms with E-state index in [9.17, 15) is 14.3 Å². The summed E-state index contributed by atoms with van der Waals surface area (Å²) in [6.45, 7) is 1.62. The number of rotatable bonds is 4. The van der Waals surface area contributed by atoms with Gasteiger partial charge in [-0.2, -0.15) is 0 Å². The normalized spacial score (nSPS) is 14.1. The van der Waals surface area contributed by atoms with Gasteiger partial charge in [0.05, 0.1) is 12.6 Å². The van der Waals surface area contributed by atoms with Crippen LogP contribution in [0.3, 0.4) is 0 Å². The first-order valence-electron chi connectivity index (χ1n) is 5.05. The summed E-state index contributed by atoms with van der Waals surface area (Å²) in [5.74, 6) is -1.81. The van der Waals surface area contributed by atoms with Crippen molar-refractivity contribution in [3.8, 4) is 11.5 Å². The molecule has 4 N–H and O–H groups in total. The summed E-state index contributed by atoms with van der Waals surface area (Å²) in [7, 11) is 0. The number of esters is 1. The van der Waals surface area contributed by atoms with E-state index in [4.69, 9.17) is 10.8 Å². The van der Waals surface area contributed by atoms with E-state index >= 15 is 0 Å². The van der Waals surface area contributed by atoms with Gasteiger partial charge < -0.3 is 20.7 Å². The first-order chi connectivity index (χ1) is 7.97. The summed E-state index contributed by atoms with van der Waals surface area (Å²) in [6, 6.07) is 2.35. The maximum atomic E-state index is 13.6. The number of phenols is 2. The first-order valence-corrected chi connectivity index (χ1v) is 5.05. The van der Waals surface area contributed by atoms with Crippen LogP contribution in [0, 0.1) is 0 Å². The molecule has 0 saturated carbocycles. The van der Waals surface area contributed by atoms with Crippen LogP contribution in [0.25, 0.3) is 0 Å². The van der Waals surface area contributed by atoms with Crippen molar-refractivity contribution in [1.82, 2.24) is 0 Å². The third kappa shape index (κ3) is 3.07. The lowest BCUT2D eigenvalue weighted by Crippen LogP contribution is -2.31. The van der Waals surface area contributed by atoms with Crippen molar-refractivity contribution in [1.29, 1.82) is 0 Å². The molecular formula is C11H14FNO4. The van der Waals surface area contributed by atoms with Crippen LogP contribution >= 0.6 is 0 Å². The molecule has 0 heterocycles. The van der Waals surface area contributed by atoms with Crippen LogP contribution < -0.4 is 5.73 Å². The minimum absolute atomic E-state index is 0.0623. The number of halogens is 1. The molecule has 0 saturated heterocycles. The number of aromatic hydroxyl groups is 2. The van der Waals surface area contributed by atoms with Crippen molar-refractivity contribution >= 4 is 5.97 Å². The average molecular weight is 243 g/mol. The number of phenolic OH excluding ortho intramolecular Hbond substituents is 2. The monoisotopic (exact) mass is 243 g/mol. The van der Waals surface area contributed by atoms with E-state index in [1.807, 2.05) is 0 Å². The Balaban J connectivity index is 2.84. The molecule has 0 bridgehead atoms. The zero-order valence-corrected chi connectivity index (χ0v) is 9.26. The Morgan fingerprint density at radius 2 is 2.12 bits per heavy atom. The lowest BCUT2D eigenvalue weighted by molar-refractivity contribution is -0.149. The van der Waals surface area contributed by atoms with Crippen molar-refractivity contribution in [2.45, 2.75) is 19.1 Å². The molecule has 1 aromatic rings. The van der Waals surface area contributed by atoms with Gasteiger partial charge in [0.25, 0.3) is 0 Å². The Labute approximate surface area is 97.6 Å². The number of hydrogen-bond acceptors (Lipinski definition) is 5. The van der Waals surface area contributed by atoms with Crippen LogP contribution in [0.5, 0.6) is 11.5 Å². The molecule has 2 atom stereocenters. The summed E-state index contributed by atoms with van der Waals surface area (Å²) in [5, 5.41) is 18.3. The fraction of sp³-hybridized carbons (Fsp3) is 0.364. The van der Waals surface area contributed by atoms with E-state index in [-0.39, 0.29) is 17.9 Å². The number of benzene rings is 1. The molecule has 0 aliphatic rings. The third-order valence-corrected chi connectivity index (χ3v) is 2.21. The van der Waals surface area contributed by atoms with Gasteiger partial charge in [0.1, 0.15) is 0 Å². The average Bonchev–Trinajstić information content (AvgIpc) is 2.31. The Hall–Kier alpha value is -1.82. The third-order valence-electron chi connectivity index (χ3n) is 2.21. The molecule has 6 heteroatoms. The molecule has 0 aliphatic carbocycles. The minimum Gasteiger partial charge on any atom is -0.504 e. The van der Waals surface area contributed by atoms with Gasteiger partial charge >= 0.3 is 5.97 Å². The Morgan fingerprint density at radius 3 is 2.65 bits per heavy atom. The van der Waals surface area contributed by atoms with Crippen LogP contribution in [0.1, 0.15) is 18.5 Å². The number of alkyl halides is 1. The van der Waals surface area contributed by atoms with Crippen LogP contribution in [-0.4, -0.2) is 29.0 Å². The second kappa shape index (κ2) is 5.49. The maximum absolute atomic E-state index is 13.6. The predicted octanol–water partition coefficient (Wildman–Crippen LogP) is 0.999. The van der Waals surface area contributed by atoms with E-state index < -0.39 is 23.9 Å². The number of carbonyl (C=O) groups excluding carboxylic acids is 1. The maximum Gasteiger partial charge on any atom is 0.342 e. The molecule has 5 nitrogen and oxygen atoms in total. The number of ether oxygens (including phenoxy) is 1. The topological polar surface area (TPSA) is 92.8 Å². The lowest BCUT2D eigenvalue weighted by Gasteiger charge is -2.16. The molecule has 1 rings (SSSR count). The summed E-state index contributed by atoms with van der Waals surface area (Å²) in [5.41, 5.74) is 5.72. The minimum atomic E-state index is -2.01. The van der Waals surface area contributed by atoms with Gasteiger partial charge in [0.2, 0.25) is 6.17 Å². The van der Waals surface area contributed by atoms with Gasteiger partial charge in [-0.15, -0.1) is 0 Å². The van der Waals surface area contributed by atoms with E-state index in [1.54, 1.807) is 6.92 Å². The highest BCUT2D eigenvalue weighted by atomic mass is 19.1. The van der Waals surface area contributed by atoms with E-state index in [0.717, 1.165) is 6.07 Å². The quantitative estimate of drug-likeness (QED) is 0.542. The van der Waals surface area contributed by atoms with Gasteiger partial charge in [-0.3, -0.25) is 0 Å². The van der Waals surface area contributed by atoms with Crippen LogP contribution in [0.4, 0.5) is 4.39 Å². The molecule has 17 heavy (non-hydrogen) atoms. The highest BCUT2D eigenvalue weighted by Crippen LogP contribution is 2.28. The first kappa shape index (κ1) is 13.2. The number of hydrogen-bond donors (Lipinski definition) is 3. The fourth-order valence-corrected chi connectivity index (χ4v) is 1.29. The SMILES string of the molecule is CCOC(=O)C(F)[C@@H](N)c1ccc(O)c(O)c1. The van der Waals surface area contributed by atoms with E-state index in [2.05, 4.69) is 4.74 Å². The standard InChI is InChI=1S/C11H14FNO4/c1-2-17-11(16)9(12)10(13)6-3-4-7(14)8(15)5-6/h3-5,9-10,14-15H,2,13H2,1H3/t9?,10-/m0/s1. The van der Waals surface area contributed by atoms with Crippen molar-refractivity contribution < 1.29 is 24.1 Å². The molecule has 0 aliphatic heterocycles. The number of carbonyl (C=O) groups is 1. The van der Waals surface area contributed by atoms with E-state index in [1.165, 1.54) is 12.1 Å². The van der Waals surface area contributed by atoms with Gasteiger partial charge in [0, 0.05) is 0 Å². The lowest BCUT2D eigenvalue weighted by atomic mass is 10.0. The zero-order valence-electron chi connectivity index (χ0n) is 9.26. The zero-order chi connectivity index (χ0) is 13.0. The van der Waals surface area contributed by atoms with Gasteiger partial charge in [0.15, 0.2) is 11.5 Å². The smallest absolute Gasteiger partial charge is 0.342 e. The highest BCUT2D eigenvalue weighted by Gasteiger charge is 2.28. The highest BCUT2D eigenvalue weighted by molar-refractivity contribution is 5.75. The molecule has 0 aromatic heterocycles. The van der Waals surface area contributed by atoms with E-state index in [0.29, 0.717) is 0 Å². The summed E-state index contributed by atoms with van der Waals surface area (Å²) >= 11 is 0. The van der Waals surface area contributed by atoms with Gasteiger partial charge in [-0.25, -0.2) is 9.18 Å². The predicted molar refractivity (Wildman–Crippen MR) is 58.2 cm³/mol. The van der Waals surface area contributed by atoms with Crippen LogP contribution in [-0.2, 0) is 9.53 Å². The molecule has 0 fully saturated rings. The molecule has 0 amide bonds. The summed E-state index contributed by atoms with van der Waals surface area (Å²) in [4.78, 5) is 11.1. The van der Waals surface area contributed by atoms with Crippen molar-refractivity contribution in [2.75, 3.05) is 6.61 Å². The molecule has 94 valence electrons. The van der Waals surface area contributed by atoms with Gasteiger partial charge in [-0.05, 0) is 24.6 Å². The Bertz CT molecular complexity index is 410. The van der Waals surface area contributed by atoms with Crippen LogP contribution in [0.2, 0.25) is 0 Å². The van der Waals surface area contributed by atoms with Crippen molar-refractivity contribution in [2.24, 2.45) is 5.73 Å². The molecule has 1 aromatic carbocycles. The fourth-order valence-electron chi connectivity index (χ4n) is 1.29. The molecule has 0 spiro atoms. The Kier molecular flexibility index (Phi) is 4.28. The molecule has 0 radical (unpaired) electrons. The molecule has 1 unspecified atom stereocenters. The van der Waals surface area contributed by atoms with Crippen molar-refractivity contribution in [3.05, 3.63) is 23.8 Å². The summed E-state index contributed by atoms with van der Waals surface area (Å²) < 4.78 is 18.0. The second-order valence-electron chi connectivity index (χ2n) is 3.43. The van der Waals surface area contributed by atoms with Crippen LogP contribution in [0.15, 0.2) is 18.2 Å². The second-order valence-corrected chi connectivity index (χ2v) is 3.43. The summed E-state index contributed by atoms with van der Waals surface area (Å²) in [6.07, 6.45) is -2.01. The largest absolute Gasteiger partial charge is 0.504 e.